The van der Waals surface area contributed by atoms with Crippen LogP contribution < -0.4 is 15.4 Å². The van der Waals surface area contributed by atoms with Gasteiger partial charge < -0.3 is 0 Å². The molecule has 33 heavy (non-hydrogen) atoms. The lowest BCUT2D eigenvalue weighted by molar-refractivity contribution is -0.138. The monoisotopic (exact) mass is 464 g/mol. The molecule has 172 valence electrons. The van der Waals surface area contributed by atoms with Crippen LogP contribution in [0.25, 0.3) is 0 Å². The third kappa shape index (κ3) is 5.05. The van der Waals surface area contributed by atoms with Crippen LogP contribution in [0.5, 0.6) is 0 Å². The van der Waals surface area contributed by atoms with Crippen LogP contribution >= 0.6 is 0 Å². The summed E-state index contributed by atoms with van der Waals surface area (Å²) in [5.74, 6) is 0.390. The Bertz CT molecular complexity index is 1130. The first-order valence-electron chi connectivity index (χ1n) is 9.82. The van der Waals surface area contributed by atoms with Crippen LogP contribution in [-0.2, 0) is 12.4 Å². The molecule has 0 unspecified atom stereocenters. The Morgan fingerprint density at radius 1 is 0.697 bits per heavy atom. The number of amidine groups is 1. The standard InChI is InChI=1S/C23H18F6N4/c1-15-2-4-16(5-3-15)21-30-32(19-10-6-17(7-11-19)22(24,25)26)14-33(31-21)20-12-8-18(9-13-20)23(27,28)29/h2-13H,14H2,1H3,(H,30,31). The van der Waals surface area contributed by atoms with Gasteiger partial charge in [0, 0.05) is 5.56 Å². The highest BCUT2D eigenvalue weighted by atomic mass is 19.4. The van der Waals surface area contributed by atoms with E-state index in [1.165, 1.54) is 29.3 Å². The molecule has 1 N–H and O–H groups in total. The van der Waals surface area contributed by atoms with Gasteiger partial charge in [0.05, 0.1) is 22.5 Å². The predicted octanol–water partition coefficient (Wildman–Crippen LogP) is 6.18. The van der Waals surface area contributed by atoms with Gasteiger partial charge in [-0.25, -0.2) is 5.01 Å². The third-order valence-electron chi connectivity index (χ3n) is 5.06. The van der Waals surface area contributed by atoms with Crippen LogP contribution in [0, 0.1) is 6.92 Å². The highest BCUT2D eigenvalue weighted by Crippen LogP contribution is 2.32. The molecule has 3 aromatic rings. The number of nitrogens with one attached hydrogen (secondary N) is 1. The number of rotatable bonds is 3. The lowest BCUT2D eigenvalue weighted by Crippen LogP contribution is -2.53. The van der Waals surface area contributed by atoms with Crippen molar-refractivity contribution < 1.29 is 26.3 Å². The van der Waals surface area contributed by atoms with Gasteiger partial charge >= 0.3 is 12.4 Å². The van der Waals surface area contributed by atoms with Crippen molar-refractivity contribution in [1.82, 2.24) is 5.43 Å². The summed E-state index contributed by atoms with van der Waals surface area (Å²) in [5, 5.41) is 7.56. The zero-order valence-corrected chi connectivity index (χ0v) is 17.2. The lowest BCUT2D eigenvalue weighted by Gasteiger charge is -2.36. The average Bonchev–Trinajstić information content (AvgIpc) is 2.78. The average molecular weight is 464 g/mol. The number of hydrazone groups is 1. The molecule has 0 saturated heterocycles. The Labute approximate surface area is 185 Å². The highest BCUT2D eigenvalue weighted by Gasteiger charge is 2.32. The summed E-state index contributed by atoms with van der Waals surface area (Å²) in [5.41, 5.74) is 4.06. The molecular weight excluding hydrogens is 446 g/mol. The first kappa shape index (κ1) is 22.5. The van der Waals surface area contributed by atoms with E-state index in [0.717, 1.165) is 29.8 Å². The molecule has 0 spiro atoms. The molecule has 1 aliphatic rings. The number of nitrogens with zero attached hydrogens (tertiary/aromatic N) is 3. The number of aryl methyl sites for hydroxylation is 1. The molecule has 0 aliphatic carbocycles. The van der Waals surface area contributed by atoms with Gasteiger partial charge in [-0.15, -0.1) is 0 Å². The molecule has 0 bridgehead atoms. The second kappa shape index (κ2) is 8.34. The molecule has 1 heterocycles. The summed E-state index contributed by atoms with van der Waals surface area (Å²) in [6.45, 7) is 1.97. The molecule has 4 rings (SSSR count). The molecule has 4 nitrogen and oxygen atoms in total. The molecule has 0 saturated carbocycles. The van der Waals surface area contributed by atoms with Gasteiger partial charge in [0.15, 0.2) is 5.84 Å². The van der Waals surface area contributed by atoms with Crippen molar-refractivity contribution in [1.29, 1.82) is 0 Å². The summed E-state index contributed by atoms with van der Waals surface area (Å²) in [7, 11) is 0. The van der Waals surface area contributed by atoms with E-state index in [9.17, 15) is 26.3 Å². The van der Waals surface area contributed by atoms with Gasteiger partial charge in [-0.05, 0) is 55.5 Å². The maximum Gasteiger partial charge on any atom is 0.416 e. The minimum Gasteiger partial charge on any atom is -0.278 e. The van der Waals surface area contributed by atoms with E-state index < -0.39 is 23.5 Å². The predicted molar refractivity (Wildman–Crippen MR) is 114 cm³/mol. The minimum atomic E-state index is -4.47. The molecule has 0 fully saturated rings. The summed E-state index contributed by atoms with van der Waals surface area (Å²) in [6.07, 6.45) is -8.93. The van der Waals surface area contributed by atoms with Crippen LogP contribution in [0.2, 0.25) is 0 Å². The molecular formula is C23H18F6N4. The van der Waals surface area contributed by atoms with Crippen LogP contribution in [0.4, 0.5) is 37.7 Å². The van der Waals surface area contributed by atoms with Crippen molar-refractivity contribution in [2.75, 3.05) is 16.7 Å². The van der Waals surface area contributed by atoms with E-state index in [4.69, 9.17) is 0 Å². The Hall–Kier alpha value is -3.69. The molecule has 0 amide bonds. The van der Waals surface area contributed by atoms with Gasteiger partial charge in [0.1, 0.15) is 6.67 Å². The topological polar surface area (TPSA) is 30.9 Å². The van der Waals surface area contributed by atoms with E-state index in [0.29, 0.717) is 22.8 Å². The lowest BCUT2D eigenvalue weighted by atomic mass is 10.1. The number of hydrogen-bond acceptors (Lipinski definition) is 4. The summed E-state index contributed by atoms with van der Waals surface area (Å²) < 4.78 is 77.6. The summed E-state index contributed by atoms with van der Waals surface area (Å²) in [6, 6.07) is 16.5. The zero-order chi connectivity index (χ0) is 23.8. The number of hydrazine groups is 1. The number of benzene rings is 3. The highest BCUT2D eigenvalue weighted by molar-refractivity contribution is 6.00. The second-order valence-electron chi connectivity index (χ2n) is 7.48. The van der Waals surface area contributed by atoms with Crippen LogP contribution in [0.15, 0.2) is 77.9 Å². The van der Waals surface area contributed by atoms with Crippen molar-refractivity contribution in [3.63, 3.8) is 0 Å². The number of hydrogen-bond donors (Lipinski definition) is 1. The van der Waals surface area contributed by atoms with Crippen LogP contribution in [0.1, 0.15) is 22.3 Å². The van der Waals surface area contributed by atoms with Crippen molar-refractivity contribution >= 4 is 17.2 Å². The van der Waals surface area contributed by atoms with E-state index in [1.807, 2.05) is 31.2 Å². The van der Waals surface area contributed by atoms with Crippen molar-refractivity contribution in [3.8, 4) is 0 Å². The SMILES string of the molecule is Cc1ccc(C2=NN(c3ccc(C(F)(F)F)cc3)CN(c3ccc(C(F)(F)F)cc3)N2)cc1. The number of anilines is 2. The normalized spacial score (nSPS) is 14.7. The molecule has 10 heteroatoms. The molecule has 3 aromatic carbocycles. The molecule has 0 aromatic heterocycles. The fraction of sp³-hybridized carbons (Fsp3) is 0.174. The van der Waals surface area contributed by atoms with Gasteiger partial charge in [0.2, 0.25) is 0 Å². The smallest absolute Gasteiger partial charge is 0.278 e. The Balaban J connectivity index is 1.69. The van der Waals surface area contributed by atoms with Crippen molar-refractivity contribution in [3.05, 3.63) is 95.1 Å². The Morgan fingerprint density at radius 2 is 1.18 bits per heavy atom. The van der Waals surface area contributed by atoms with Gasteiger partial charge in [0.25, 0.3) is 0 Å². The first-order valence-corrected chi connectivity index (χ1v) is 9.82. The molecule has 0 atom stereocenters. The maximum atomic E-state index is 12.9. The van der Waals surface area contributed by atoms with Crippen molar-refractivity contribution in [2.24, 2.45) is 5.10 Å². The van der Waals surface area contributed by atoms with Crippen LogP contribution in [-0.4, -0.2) is 12.5 Å². The van der Waals surface area contributed by atoms with E-state index in [1.54, 1.807) is 5.01 Å². The molecule has 1 aliphatic heterocycles. The van der Waals surface area contributed by atoms with Gasteiger partial charge in [-0.1, -0.05) is 29.8 Å². The van der Waals surface area contributed by atoms with E-state index >= 15 is 0 Å². The van der Waals surface area contributed by atoms with Crippen LogP contribution in [0.3, 0.4) is 0 Å². The van der Waals surface area contributed by atoms with E-state index in [2.05, 4.69) is 10.5 Å². The fourth-order valence-corrected chi connectivity index (χ4v) is 3.24. The Kier molecular flexibility index (Phi) is 5.69. The largest absolute Gasteiger partial charge is 0.416 e. The quantitative estimate of drug-likeness (QED) is 0.470. The van der Waals surface area contributed by atoms with Crippen molar-refractivity contribution in [2.45, 2.75) is 19.3 Å². The molecule has 0 radical (unpaired) electrons. The van der Waals surface area contributed by atoms with Gasteiger partial charge in [-0.2, -0.15) is 31.4 Å². The number of alkyl halides is 6. The van der Waals surface area contributed by atoms with E-state index in [-0.39, 0.29) is 6.67 Å². The second-order valence-corrected chi connectivity index (χ2v) is 7.48. The zero-order valence-electron chi connectivity index (χ0n) is 17.2. The summed E-state index contributed by atoms with van der Waals surface area (Å²) in [4.78, 5) is 0. The number of halogens is 6. The third-order valence-corrected chi connectivity index (χ3v) is 5.06. The first-order chi connectivity index (χ1) is 15.5. The Morgan fingerprint density at radius 3 is 1.67 bits per heavy atom. The van der Waals surface area contributed by atoms with Gasteiger partial charge in [-0.3, -0.25) is 10.4 Å². The minimum absolute atomic E-state index is 0.0477. The fourth-order valence-electron chi connectivity index (χ4n) is 3.24. The maximum absolute atomic E-state index is 12.9. The summed E-state index contributed by atoms with van der Waals surface area (Å²) >= 11 is 0.